The molecular weight excluding hydrogens is 228 g/mol. The fourth-order valence-electron chi connectivity index (χ4n) is 1.97. The average Bonchev–Trinajstić information content (AvgIpc) is 2.87. The van der Waals surface area contributed by atoms with Crippen molar-refractivity contribution in [2.24, 2.45) is 0 Å². The van der Waals surface area contributed by atoms with Crippen molar-refractivity contribution in [3.63, 3.8) is 0 Å². The summed E-state index contributed by atoms with van der Waals surface area (Å²) in [6.45, 7) is 1.14. The first-order valence-electron chi connectivity index (χ1n) is 5.82. The third kappa shape index (κ3) is 2.07. The highest BCUT2D eigenvalue weighted by molar-refractivity contribution is 5.86. The Morgan fingerprint density at radius 3 is 2.56 bits per heavy atom. The SMILES string of the molecule is O=C1CCN(c2ncc(-c3cccnc3)cn2)C1. The zero-order valence-electron chi connectivity index (χ0n) is 9.78. The van der Waals surface area contributed by atoms with Crippen LogP contribution in [-0.4, -0.2) is 33.8 Å². The summed E-state index contributed by atoms with van der Waals surface area (Å²) < 4.78 is 0. The van der Waals surface area contributed by atoms with E-state index in [0.717, 1.165) is 11.1 Å². The van der Waals surface area contributed by atoms with Gasteiger partial charge in [-0.2, -0.15) is 0 Å². The molecule has 18 heavy (non-hydrogen) atoms. The highest BCUT2D eigenvalue weighted by atomic mass is 16.1. The number of carbonyl (C=O) groups excluding carboxylic acids is 1. The van der Waals surface area contributed by atoms with Gasteiger partial charge < -0.3 is 4.90 Å². The second kappa shape index (κ2) is 4.52. The second-order valence-corrected chi connectivity index (χ2v) is 4.22. The largest absolute Gasteiger partial charge is 0.333 e. The number of pyridine rings is 1. The third-order valence-corrected chi connectivity index (χ3v) is 2.94. The number of ketones is 1. The molecule has 1 aliphatic heterocycles. The van der Waals surface area contributed by atoms with Crippen LogP contribution in [0, 0.1) is 0 Å². The van der Waals surface area contributed by atoms with E-state index in [-0.39, 0.29) is 5.78 Å². The summed E-state index contributed by atoms with van der Waals surface area (Å²) in [6, 6.07) is 3.84. The quantitative estimate of drug-likeness (QED) is 0.792. The molecule has 0 aliphatic carbocycles. The molecule has 0 aromatic carbocycles. The van der Waals surface area contributed by atoms with Gasteiger partial charge in [-0.05, 0) is 6.07 Å². The Hall–Kier alpha value is -2.30. The molecule has 1 saturated heterocycles. The lowest BCUT2D eigenvalue weighted by atomic mass is 10.2. The van der Waals surface area contributed by atoms with E-state index < -0.39 is 0 Å². The average molecular weight is 240 g/mol. The van der Waals surface area contributed by atoms with Crippen molar-refractivity contribution in [3.05, 3.63) is 36.9 Å². The standard InChI is InChI=1S/C13H12N4O/c18-12-3-5-17(9-12)13-15-7-11(8-16-13)10-2-1-4-14-6-10/h1-2,4,6-8H,3,5,9H2. The predicted molar refractivity (Wildman–Crippen MR) is 67.1 cm³/mol. The van der Waals surface area contributed by atoms with Crippen molar-refractivity contribution in [2.75, 3.05) is 18.0 Å². The summed E-state index contributed by atoms with van der Waals surface area (Å²) in [4.78, 5) is 25.8. The Kier molecular flexibility index (Phi) is 2.72. The van der Waals surface area contributed by atoms with E-state index >= 15 is 0 Å². The van der Waals surface area contributed by atoms with E-state index in [1.165, 1.54) is 0 Å². The van der Waals surface area contributed by atoms with Gasteiger partial charge in [-0.1, -0.05) is 6.07 Å². The van der Waals surface area contributed by atoms with Crippen LogP contribution in [0.15, 0.2) is 36.9 Å². The van der Waals surface area contributed by atoms with Gasteiger partial charge in [0.2, 0.25) is 5.95 Å². The molecule has 0 atom stereocenters. The molecule has 0 radical (unpaired) electrons. The van der Waals surface area contributed by atoms with Crippen LogP contribution in [0.1, 0.15) is 6.42 Å². The molecule has 0 bridgehead atoms. The van der Waals surface area contributed by atoms with E-state index in [0.29, 0.717) is 25.5 Å². The first-order chi connectivity index (χ1) is 8.83. The highest BCUT2D eigenvalue weighted by Gasteiger charge is 2.21. The molecule has 5 nitrogen and oxygen atoms in total. The van der Waals surface area contributed by atoms with Crippen molar-refractivity contribution in [1.29, 1.82) is 0 Å². The third-order valence-electron chi connectivity index (χ3n) is 2.94. The molecule has 1 fully saturated rings. The lowest BCUT2D eigenvalue weighted by Crippen LogP contribution is -2.21. The van der Waals surface area contributed by atoms with Crippen LogP contribution in [0.3, 0.4) is 0 Å². The molecular formula is C13H12N4O. The van der Waals surface area contributed by atoms with E-state index in [9.17, 15) is 4.79 Å². The lowest BCUT2D eigenvalue weighted by Gasteiger charge is -2.13. The second-order valence-electron chi connectivity index (χ2n) is 4.22. The molecule has 0 unspecified atom stereocenters. The van der Waals surface area contributed by atoms with Gasteiger partial charge in [0.05, 0.1) is 6.54 Å². The Labute approximate surface area is 105 Å². The molecule has 0 N–H and O–H groups in total. The molecule has 3 heterocycles. The maximum atomic E-state index is 11.2. The molecule has 0 spiro atoms. The van der Waals surface area contributed by atoms with Gasteiger partial charge in [0.1, 0.15) is 0 Å². The summed E-state index contributed by atoms with van der Waals surface area (Å²) in [6.07, 6.45) is 7.63. The van der Waals surface area contributed by atoms with Gasteiger partial charge in [-0.3, -0.25) is 9.78 Å². The topological polar surface area (TPSA) is 59.0 Å². The Balaban J connectivity index is 1.83. The number of carbonyl (C=O) groups is 1. The van der Waals surface area contributed by atoms with Gasteiger partial charge in [-0.25, -0.2) is 9.97 Å². The van der Waals surface area contributed by atoms with Crippen LogP contribution in [0.5, 0.6) is 0 Å². The van der Waals surface area contributed by atoms with Crippen molar-refractivity contribution < 1.29 is 4.79 Å². The number of aromatic nitrogens is 3. The van der Waals surface area contributed by atoms with Crippen molar-refractivity contribution in [1.82, 2.24) is 15.0 Å². The predicted octanol–water partition coefficient (Wildman–Crippen LogP) is 1.32. The molecule has 2 aromatic rings. The zero-order chi connectivity index (χ0) is 12.4. The summed E-state index contributed by atoms with van der Waals surface area (Å²) in [5, 5.41) is 0. The smallest absolute Gasteiger partial charge is 0.225 e. The van der Waals surface area contributed by atoms with Gasteiger partial charge in [0.25, 0.3) is 0 Å². The van der Waals surface area contributed by atoms with Gasteiger partial charge in [0, 0.05) is 48.9 Å². The molecule has 90 valence electrons. The van der Waals surface area contributed by atoms with Gasteiger partial charge in [-0.15, -0.1) is 0 Å². The number of nitrogens with zero attached hydrogens (tertiary/aromatic N) is 4. The molecule has 3 rings (SSSR count). The van der Waals surface area contributed by atoms with Crippen LogP contribution in [0.25, 0.3) is 11.1 Å². The number of hydrogen-bond donors (Lipinski definition) is 0. The number of Topliss-reactive ketones (excluding diaryl/α,β-unsaturated/α-hetero) is 1. The Bertz CT molecular complexity index is 553. The first-order valence-corrected chi connectivity index (χ1v) is 5.82. The Morgan fingerprint density at radius 2 is 1.94 bits per heavy atom. The van der Waals surface area contributed by atoms with Crippen LogP contribution in [-0.2, 0) is 4.79 Å². The minimum absolute atomic E-state index is 0.245. The van der Waals surface area contributed by atoms with Crippen molar-refractivity contribution >= 4 is 11.7 Å². The minimum atomic E-state index is 0.245. The number of rotatable bonds is 2. The van der Waals surface area contributed by atoms with Crippen LogP contribution in [0.2, 0.25) is 0 Å². The number of anilines is 1. The molecule has 0 saturated carbocycles. The van der Waals surface area contributed by atoms with Crippen molar-refractivity contribution in [3.8, 4) is 11.1 Å². The monoisotopic (exact) mass is 240 g/mol. The Morgan fingerprint density at radius 1 is 1.11 bits per heavy atom. The van der Waals surface area contributed by atoms with E-state index in [1.807, 2.05) is 17.0 Å². The van der Waals surface area contributed by atoms with Crippen LogP contribution < -0.4 is 4.90 Å². The summed E-state index contributed by atoms with van der Waals surface area (Å²) in [5.74, 6) is 0.864. The fraction of sp³-hybridized carbons (Fsp3) is 0.231. The molecule has 5 heteroatoms. The van der Waals surface area contributed by atoms with Crippen LogP contribution >= 0.6 is 0 Å². The molecule has 2 aromatic heterocycles. The highest BCUT2D eigenvalue weighted by Crippen LogP contribution is 2.18. The maximum absolute atomic E-state index is 11.2. The first kappa shape index (κ1) is 10.8. The summed E-state index contributed by atoms with van der Waals surface area (Å²) in [7, 11) is 0. The summed E-state index contributed by atoms with van der Waals surface area (Å²) in [5.41, 5.74) is 1.92. The minimum Gasteiger partial charge on any atom is -0.333 e. The normalized spacial score (nSPS) is 15.1. The van der Waals surface area contributed by atoms with Crippen LogP contribution in [0.4, 0.5) is 5.95 Å². The lowest BCUT2D eigenvalue weighted by molar-refractivity contribution is -0.116. The van der Waals surface area contributed by atoms with E-state index in [4.69, 9.17) is 0 Å². The molecule has 1 aliphatic rings. The summed E-state index contributed by atoms with van der Waals surface area (Å²) >= 11 is 0. The van der Waals surface area contributed by atoms with Gasteiger partial charge in [0.15, 0.2) is 5.78 Å². The van der Waals surface area contributed by atoms with E-state index in [2.05, 4.69) is 15.0 Å². The fourth-order valence-corrected chi connectivity index (χ4v) is 1.97. The van der Waals surface area contributed by atoms with Gasteiger partial charge >= 0.3 is 0 Å². The van der Waals surface area contributed by atoms with Crippen molar-refractivity contribution in [2.45, 2.75) is 6.42 Å². The molecule has 0 amide bonds. The zero-order valence-corrected chi connectivity index (χ0v) is 9.78. The van der Waals surface area contributed by atoms with E-state index in [1.54, 1.807) is 24.8 Å². The maximum Gasteiger partial charge on any atom is 0.225 e. The number of hydrogen-bond acceptors (Lipinski definition) is 5.